The average Bonchev–Trinajstić information content (AvgIpc) is 2.62. The third-order valence-corrected chi connectivity index (χ3v) is 5.35. The van der Waals surface area contributed by atoms with E-state index in [0.29, 0.717) is 12.5 Å². The predicted octanol–water partition coefficient (Wildman–Crippen LogP) is 3.20. The molecular weight excluding hydrogens is 302 g/mol. The van der Waals surface area contributed by atoms with Crippen molar-refractivity contribution in [3.8, 4) is 0 Å². The van der Waals surface area contributed by atoms with Gasteiger partial charge in [0.1, 0.15) is 0 Å². The standard InChI is InChI=1S/C20H29NO3/c1-2-23-18-10-15-24-20(16-18)11-13-21(14-12-20)19(22)9-8-17-6-4-3-5-7-17/h3-7,18H,2,8-16H2,1H3. The highest BCUT2D eigenvalue weighted by atomic mass is 16.5. The first-order valence-electron chi connectivity index (χ1n) is 9.28. The number of benzene rings is 1. The monoisotopic (exact) mass is 331 g/mol. The largest absolute Gasteiger partial charge is 0.378 e. The molecule has 2 aliphatic rings. The number of hydrogen-bond donors (Lipinski definition) is 0. The number of carbonyl (C=O) groups excluding carboxylic acids is 1. The fourth-order valence-corrected chi connectivity index (χ4v) is 3.93. The molecule has 0 bridgehead atoms. The first-order valence-corrected chi connectivity index (χ1v) is 9.28. The molecule has 4 nitrogen and oxygen atoms in total. The lowest BCUT2D eigenvalue weighted by molar-refractivity contribution is -0.160. The molecule has 0 N–H and O–H groups in total. The Morgan fingerprint density at radius 3 is 2.75 bits per heavy atom. The van der Waals surface area contributed by atoms with Gasteiger partial charge in [0, 0.05) is 39.1 Å². The summed E-state index contributed by atoms with van der Waals surface area (Å²) >= 11 is 0. The first-order chi connectivity index (χ1) is 11.7. The fraction of sp³-hybridized carbons (Fsp3) is 0.650. The minimum absolute atomic E-state index is 0.0612. The van der Waals surface area contributed by atoms with E-state index in [9.17, 15) is 4.79 Å². The molecule has 132 valence electrons. The van der Waals surface area contributed by atoms with Gasteiger partial charge in [0.2, 0.25) is 5.91 Å². The SMILES string of the molecule is CCOC1CCOC2(CCN(C(=O)CCc3ccccc3)CC2)C1. The Kier molecular flexibility index (Phi) is 5.90. The van der Waals surface area contributed by atoms with Crippen LogP contribution in [0.1, 0.15) is 44.6 Å². The number of rotatable bonds is 5. The van der Waals surface area contributed by atoms with Crippen molar-refractivity contribution in [1.82, 2.24) is 4.90 Å². The second-order valence-corrected chi connectivity index (χ2v) is 6.97. The molecule has 2 fully saturated rings. The Labute approximate surface area is 145 Å². The van der Waals surface area contributed by atoms with Crippen molar-refractivity contribution in [3.05, 3.63) is 35.9 Å². The highest BCUT2D eigenvalue weighted by Crippen LogP contribution is 2.36. The van der Waals surface area contributed by atoms with Crippen LogP contribution in [0.4, 0.5) is 0 Å². The number of likely N-dealkylation sites (tertiary alicyclic amines) is 1. The number of ether oxygens (including phenoxy) is 2. The van der Waals surface area contributed by atoms with E-state index in [1.165, 1.54) is 5.56 Å². The van der Waals surface area contributed by atoms with E-state index in [-0.39, 0.29) is 11.5 Å². The zero-order valence-electron chi connectivity index (χ0n) is 14.7. The van der Waals surface area contributed by atoms with E-state index < -0.39 is 0 Å². The van der Waals surface area contributed by atoms with Gasteiger partial charge in [-0.15, -0.1) is 0 Å². The minimum atomic E-state index is -0.0612. The zero-order chi connectivity index (χ0) is 16.8. The summed E-state index contributed by atoms with van der Waals surface area (Å²) in [7, 11) is 0. The molecule has 0 saturated carbocycles. The Balaban J connectivity index is 1.46. The van der Waals surface area contributed by atoms with Crippen LogP contribution in [0.5, 0.6) is 0 Å². The molecule has 1 spiro atoms. The number of carbonyl (C=O) groups is 1. The lowest BCUT2D eigenvalue weighted by Gasteiger charge is -2.46. The lowest BCUT2D eigenvalue weighted by Crippen LogP contribution is -2.52. The van der Waals surface area contributed by atoms with Crippen LogP contribution >= 0.6 is 0 Å². The van der Waals surface area contributed by atoms with E-state index in [4.69, 9.17) is 9.47 Å². The Morgan fingerprint density at radius 1 is 1.29 bits per heavy atom. The number of piperidine rings is 1. The molecule has 1 amide bonds. The molecule has 1 unspecified atom stereocenters. The summed E-state index contributed by atoms with van der Waals surface area (Å²) < 4.78 is 11.9. The molecule has 1 aromatic rings. The average molecular weight is 331 g/mol. The van der Waals surface area contributed by atoms with Gasteiger partial charge in [0.25, 0.3) is 0 Å². The van der Waals surface area contributed by atoms with E-state index in [0.717, 1.165) is 58.4 Å². The van der Waals surface area contributed by atoms with Crippen molar-refractivity contribution < 1.29 is 14.3 Å². The third kappa shape index (κ3) is 4.37. The molecule has 0 radical (unpaired) electrons. The molecule has 1 atom stereocenters. The van der Waals surface area contributed by atoms with E-state index >= 15 is 0 Å². The topological polar surface area (TPSA) is 38.8 Å². The van der Waals surface area contributed by atoms with Crippen LogP contribution in [0.25, 0.3) is 0 Å². The fourth-order valence-electron chi connectivity index (χ4n) is 3.93. The molecule has 0 aromatic heterocycles. The quantitative estimate of drug-likeness (QED) is 0.832. The minimum Gasteiger partial charge on any atom is -0.378 e. The van der Waals surface area contributed by atoms with Crippen molar-refractivity contribution in [2.75, 3.05) is 26.3 Å². The third-order valence-electron chi connectivity index (χ3n) is 5.35. The molecule has 0 aliphatic carbocycles. The molecule has 3 rings (SSSR count). The predicted molar refractivity (Wildman–Crippen MR) is 93.9 cm³/mol. The Morgan fingerprint density at radius 2 is 2.04 bits per heavy atom. The normalized spacial score (nSPS) is 23.4. The van der Waals surface area contributed by atoms with Gasteiger partial charge >= 0.3 is 0 Å². The number of aryl methyl sites for hydroxylation is 1. The Hall–Kier alpha value is -1.39. The van der Waals surface area contributed by atoms with Gasteiger partial charge in [0.05, 0.1) is 11.7 Å². The van der Waals surface area contributed by atoms with Gasteiger partial charge in [-0.3, -0.25) is 4.79 Å². The van der Waals surface area contributed by atoms with Crippen LogP contribution in [0.15, 0.2) is 30.3 Å². The second kappa shape index (κ2) is 8.13. The Bertz CT molecular complexity index is 521. The summed E-state index contributed by atoms with van der Waals surface area (Å²) in [5.41, 5.74) is 1.17. The first kappa shape index (κ1) is 17.4. The lowest BCUT2D eigenvalue weighted by atomic mass is 9.83. The van der Waals surface area contributed by atoms with Gasteiger partial charge in [-0.05, 0) is 38.2 Å². The summed E-state index contributed by atoms with van der Waals surface area (Å²) in [5, 5.41) is 0. The van der Waals surface area contributed by atoms with Crippen LogP contribution in [0.3, 0.4) is 0 Å². The smallest absolute Gasteiger partial charge is 0.222 e. The van der Waals surface area contributed by atoms with Gasteiger partial charge < -0.3 is 14.4 Å². The van der Waals surface area contributed by atoms with E-state index in [2.05, 4.69) is 19.1 Å². The van der Waals surface area contributed by atoms with Crippen LogP contribution in [-0.2, 0) is 20.7 Å². The summed E-state index contributed by atoms with van der Waals surface area (Å²) in [6.45, 7) is 5.23. The number of hydrogen-bond acceptors (Lipinski definition) is 3. The van der Waals surface area contributed by atoms with Crippen LogP contribution < -0.4 is 0 Å². The summed E-state index contributed by atoms with van der Waals surface area (Å²) in [5.74, 6) is 0.269. The molecule has 2 saturated heterocycles. The van der Waals surface area contributed by atoms with E-state index in [1.807, 2.05) is 23.1 Å². The van der Waals surface area contributed by atoms with Crippen molar-refractivity contribution >= 4 is 5.91 Å². The molecule has 24 heavy (non-hydrogen) atoms. The maximum Gasteiger partial charge on any atom is 0.222 e. The van der Waals surface area contributed by atoms with Crippen LogP contribution in [-0.4, -0.2) is 48.8 Å². The molecule has 4 heteroatoms. The highest BCUT2D eigenvalue weighted by Gasteiger charge is 2.41. The van der Waals surface area contributed by atoms with Crippen molar-refractivity contribution in [3.63, 3.8) is 0 Å². The van der Waals surface area contributed by atoms with Crippen molar-refractivity contribution in [2.24, 2.45) is 0 Å². The molecule has 2 heterocycles. The maximum absolute atomic E-state index is 12.5. The second-order valence-electron chi connectivity index (χ2n) is 6.97. The summed E-state index contributed by atoms with van der Waals surface area (Å²) in [4.78, 5) is 14.5. The van der Waals surface area contributed by atoms with Crippen LogP contribution in [0, 0.1) is 0 Å². The van der Waals surface area contributed by atoms with Gasteiger partial charge in [-0.25, -0.2) is 0 Å². The number of amides is 1. The van der Waals surface area contributed by atoms with Gasteiger partial charge in [0.15, 0.2) is 0 Å². The van der Waals surface area contributed by atoms with Crippen molar-refractivity contribution in [2.45, 2.75) is 57.2 Å². The molecule has 1 aromatic carbocycles. The van der Waals surface area contributed by atoms with Crippen LogP contribution in [0.2, 0.25) is 0 Å². The highest BCUT2D eigenvalue weighted by molar-refractivity contribution is 5.76. The van der Waals surface area contributed by atoms with Gasteiger partial charge in [-0.2, -0.15) is 0 Å². The summed E-state index contributed by atoms with van der Waals surface area (Å²) in [6, 6.07) is 10.2. The molecular formula is C20H29NO3. The summed E-state index contributed by atoms with van der Waals surface area (Å²) in [6.07, 6.45) is 5.59. The maximum atomic E-state index is 12.5. The van der Waals surface area contributed by atoms with Gasteiger partial charge in [-0.1, -0.05) is 30.3 Å². The molecule has 2 aliphatic heterocycles. The number of nitrogens with zero attached hydrogens (tertiary/aromatic N) is 1. The van der Waals surface area contributed by atoms with E-state index in [1.54, 1.807) is 0 Å². The van der Waals surface area contributed by atoms with Crippen molar-refractivity contribution in [1.29, 1.82) is 0 Å². The zero-order valence-corrected chi connectivity index (χ0v) is 14.7.